The monoisotopic (exact) mass is 392 g/mol. The predicted molar refractivity (Wildman–Crippen MR) is 106 cm³/mol. The SMILES string of the molecule is O=C(O)CNC(=O)CO/N=C1/C(c2c(O)[nH]c3ccccc23)=Nc2ccccc21. The Morgan fingerprint density at radius 1 is 1.14 bits per heavy atom. The third-order valence-corrected chi connectivity index (χ3v) is 4.33. The summed E-state index contributed by atoms with van der Waals surface area (Å²) >= 11 is 0. The van der Waals surface area contributed by atoms with Gasteiger partial charge in [0.05, 0.1) is 11.3 Å². The third kappa shape index (κ3) is 3.53. The Morgan fingerprint density at radius 3 is 2.72 bits per heavy atom. The third-order valence-electron chi connectivity index (χ3n) is 4.33. The fourth-order valence-corrected chi connectivity index (χ4v) is 3.09. The lowest BCUT2D eigenvalue weighted by Gasteiger charge is -2.05. The molecule has 1 amide bonds. The number of oxime groups is 1. The van der Waals surface area contributed by atoms with Gasteiger partial charge in [0.2, 0.25) is 0 Å². The lowest BCUT2D eigenvalue weighted by atomic mass is 10.0. The number of carbonyl (C=O) groups excluding carboxylic acids is 1. The van der Waals surface area contributed by atoms with Crippen LogP contribution in [-0.4, -0.2) is 51.6 Å². The van der Waals surface area contributed by atoms with Gasteiger partial charge in [-0.1, -0.05) is 41.6 Å². The van der Waals surface area contributed by atoms with E-state index in [1.54, 1.807) is 0 Å². The standard InChI is InChI=1S/C20H16N4O5/c25-15(21-9-16(26)27)10-29-24-18-12-6-2-4-8-14(12)22-19(18)17-11-5-1-3-7-13(11)23-20(17)28/h1-8,23,28H,9-10H2,(H,21,25)(H,26,27)/b24-18+. The lowest BCUT2D eigenvalue weighted by molar-refractivity contribution is -0.138. The van der Waals surface area contributed by atoms with E-state index in [0.717, 1.165) is 10.9 Å². The molecule has 2 heterocycles. The Balaban J connectivity index is 1.67. The van der Waals surface area contributed by atoms with E-state index in [1.807, 2.05) is 48.5 Å². The number of rotatable bonds is 6. The molecule has 146 valence electrons. The van der Waals surface area contributed by atoms with Crippen molar-refractivity contribution in [2.75, 3.05) is 13.2 Å². The van der Waals surface area contributed by atoms with E-state index in [1.165, 1.54) is 0 Å². The Kier molecular flexibility index (Phi) is 4.70. The zero-order valence-electron chi connectivity index (χ0n) is 15.0. The van der Waals surface area contributed by atoms with Crippen molar-refractivity contribution >= 4 is 39.9 Å². The van der Waals surface area contributed by atoms with Crippen molar-refractivity contribution in [1.29, 1.82) is 0 Å². The van der Waals surface area contributed by atoms with Gasteiger partial charge in [0.25, 0.3) is 5.91 Å². The molecule has 4 N–H and O–H groups in total. The molecule has 4 rings (SSSR count). The Bertz CT molecular complexity index is 1180. The van der Waals surface area contributed by atoms with E-state index in [0.29, 0.717) is 28.2 Å². The minimum atomic E-state index is -1.15. The van der Waals surface area contributed by atoms with E-state index in [-0.39, 0.29) is 5.88 Å². The molecule has 9 heteroatoms. The van der Waals surface area contributed by atoms with Crippen LogP contribution in [0.4, 0.5) is 5.69 Å². The fraction of sp³-hybridized carbons (Fsp3) is 0.100. The molecule has 29 heavy (non-hydrogen) atoms. The normalized spacial score (nSPS) is 13.9. The molecule has 0 aliphatic carbocycles. The molecule has 0 saturated heterocycles. The van der Waals surface area contributed by atoms with Gasteiger partial charge >= 0.3 is 5.97 Å². The number of nitrogens with zero attached hydrogens (tertiary/aromatic N) is 2. The average Bonchev–Trinajstić information content (AvgIpc) is 3.23. The average molecular weight is 392 g/mol. The van der Waals surface area contributed by atoms with E-state index in [2.05, 4.69) is 20.4 Å². The van der Waals surface area contributed by atoms with E-state index < -0.39 is 25.0 Å². The first-order chi connectivity index (χ1) is 14.0. The predicted octanol–water partition coefficient (Wildman–Crippen LogP) is 1.93. The van der Waals surface area contributed by atoms with Gasteiger partial charge in [0.15, 0.2) is 12.5 Å². The van der Waals surface area contributed by atoms with Gasteiger partial charge in [0, 0.05) is 16.5 Å². The summed E-state index contributed by atoms with van der Waals surface area (Å²) in [5.41, 5.74) is 3.35. The summed E-state index contributed by atoms with van der Waals surface area (Å²) in [4.78, 5) is 34.8. The summed E-state index contributed by atoms with van der Waals surface area (Å²) in [6, 6.07) is 14.7. The topological polar surface area (TPSA) is 136 Å². The number of aromatic nitrogens is 1. The minimum absolute atomic E-state index is 0.0512. The summed E-state index contributed by atoms with van der Waals surface area (Å²) in [5.74, 6) is -1.82. The molecule has 0 atom stereocenters. The van der Waals surface area contributed by atoms with Gasteiger partial charge in [-0.05, 0) is 12.1 Å². The van der Waals surface area contributed by atoms with Crippen LogP contribution in [0.2, 0.25) is 0 Å². The Morgan fingerprint density at radius 2 is 1.90 bits per heavy atom. The van der Waals surface area contributed by atoms with Crippen molar-refractivity contribution in [3.05, 3.63) is 59.7 Å². The van der Waals surface area contributed by atoms with Crippen molar-refractivity contribution in [2.45, 2.75) is 0 Å². The number of aliphatic carboxylic acids is 1. The van der Waals surface area contributed by atoms with Crippen molar-refractivity contribution < 1.29 is 24.6 Å². The number of hydrogen-bond donors (Lipinski definition) is 4. The van der Waals surface area contributed by atoms with Gasteiger partial charge < -0.3 is 25.4 Å². The number of aliphatic imine (C=N–C) groups is 1. The molecule has 0 spiro atoms. The smallest absolute Gasteiger partial charge is 0.322 e. The molecule has 1 aliphatic rings. The minimum Gasteiger partial charge on any atom is -0.494 e. The molecule has 9 nitrogen and oxygen atoms in total. The van der Waals surface area contributed by atoms with Crippen LogP contribution in [0, 0.1) is 0 Å². The number of hydrogen-bond acceptors (Lipinski definition) is 6. The van der Waals surface area contributed by atoms with Crippen LogP contribution in [-0.2, 0) is 14.4 Å². The summed E-state index contributed by atoms with van der Waals surface area (Å²) < 4.78 is 0. The van der Waals surface area contributed by atoms with Crippen LogP contribution in [0.25, 0.3) is 10.9 Å². The zero-order valence-corrected chi connectivity index (χ0v) is 15.0. The maximum absolute atomic E-state index is 11.7. The van der Waals surface area contributed by atoms with Crippen molar-refractivity contribution in [2.24, 2.45) is 10.1 Å². The molecule has 0 bridgehead atoms. The molecule has 0 radical (unpaired) electrons. The van der Waals surface area contributed by atoms with Crippen molar-refractivity contribution in [1.82, 2.24) is 10.3 Å². The number of nitrogens with one attached hydrogen (secondary N) is 2. The quantitative estimate of drug-likeness (QED) is 0.475. The molecule has 1 aliphatic heterocycles. The first kappa shape index (κ1) is 18.2. The van der Waals surface area contributed by atoms with Crippen molar-refractivity contribution in [3.63, 3.8) is 0 Å². The molecular weight excluding hydrogens is 376 g/mol. The number of aromatic hydroxyl groups is 1. The summed E-state index contributed by atoms with van der Waals surface area (Å²) in [5, 5.41) is 26.1. The van der Waals surface area contributed by atoms with Gasteiger partial charge in [-0.15, -0.1) is 0 Å². The first-order valence-corrected chi connectivity index (χ1v) is 8.71. The van der Waals surface area contributed by atoms with Crippen molar-refractivity contribution in [3.8, 4) is 5.88 Å². The van der Waals surface area contributed by atoms with Gasteiger partial charge in [-0.25, -0.2) is 4.99 Å². The van der Waals surface area contributed by atoms with E-state index in [4.69, 9.17) is 9.94 Å². The molecule has 2 aromatic carbocycles. The number of H-pyrrole nitrogens is 1. The van der Waals surface area contributed by atoms with Crippen LogP contribution < -0.4 is 5.32 Å². The molecular formula is C20H16N4O5. The van der Waals surface area contributed by atoms with E-state index in [9.17, 15) is 14.7 Å². The number of para-hydroxylation sites is 2. The highest BCUT2D eigenvalue weighted by Crippen LogP contribution is 2.35. The number of carbonyl (C=O) groups is 2. The molecule has 3 aromatic rings. The number of carboxylic acid groups (broad SMARTS) is 1. The maximum atomic E-state index is 11.7. The first-order valence-electron chi connectivity index (χ1n) is 8.71. The molecule has 0 unspecified atom stereocenters. The molecule has 0 fully saturated rings. The van der Waals surface area contributed by atoms with Gasteiger partial charge in [-0.2, -0.15) is 0 Å². The second kappa shape index (κ2) is 7.47. The number of carboxylic acids is 1. The summed E-state index contributed by atoms with van der Waals surface area (Å²) in [6.45, 7) is -0.955. The van der Waals surface area contributed by atoms with Gasteiger partial charge in [0.1, 0.15) is 18.0 Å². The molecule has 1 aromatic heterocycles. The molecule has 0 saturated carbocycles. The van der Waals surface area contributed by atoms with Gasteiger partial charge in [-0.3, -0.25) is 9.59 Å². The number of aromatic amines is 1. The Labute approximate surface area is 164 Å². The highest BCUT2D eigenvalue weighted by atomic mass is 16.6. The second-order valence-electron chi connectivity index (χ2n) is 6.26. The largest absolute Gasteiger partial charge is 0.494 e. The second-order valence-corrected chi connectivity index (χ2v) is 6.26. The number of amides is 1. The van der Waals surface area contributed by atoms with Crippen LogP contribution >= 0.6 is 0 Å². The van der Waals surface area contributed by atoms with E-state index >= 15 is 0 Å². The van der Waals surface area contributed by atoms with Crippen LogP contribution in [0.3, 0.4) is 0 Å². The zero-order chi connectivity index (χ0) is 20.4. The Hall–Kier alpha value is -4.14. The van der Waals surface area contributed by atoms with Crippen LogP contribution in [0.15, 0.2) is 58.7 Å². The number of fused-ring (bicyclic) bond motifs is 2. The fourth-order valence-electron chi connectivity index (χ4n) is 3.09. The lowest BCUT2D eigenvalue weighted by Crippen LogP contribution is -2.32. The summed E-state index contributed by atoms with van der Waals surface area (Å²) in [6.07, 6.45) is 0. The highest BCUT2D eigenvalue weighted by Gasteiger charge is 2.29. The van der Waals surface area contributed by atoms with Crippen LogP contribution in [0.5, 0.6) is 5.88 Å². The highest BCUT2D eigenvalue weighted by molar-refractivity contribution is 6.58. The summed E-state index contributed by atoms with van der Waals surface area (Å²) in [7, 11) is 0. The van der Waals surface area contributed by atoms with Crippen LogP contribution in [0.1, 0.15) is 11.1 Å². The number of benzene rings is 2. The maximum Gasteiger partial charge on any atom is 0.322 e.